The summed E-state index contributed by atoms with van der Waals surface area (Å²) in [7, 11) is 2.19. The van der Waals surface area contributed by atoms with Crippen LogP contribution in [0, 0.1) is 0 Å². The number of likely N-dealkylation sites (tertiary alicyclic amines) is 1. The molecule has 1 heterocycles. The minimum Gasteiger partial charge on any atom is -1.00 e. The number of quaternary nitrogens is 1. The molecule has 0 unspecified atom stereocenters. The number of aliphatic hydroxyl groups excluding tert-OH is 1. The van der Waals surface area contributed by atoms with Gasteiger partial charge >= 0.3 is 0 Å². The molecule has 0 radical (unpaired) electrons. The lowest BCUT2D eigenvalue weighted by molar-refractivity contribution is -0.973. The molecule has 10 heavy (non-hydrogen) atoms. The van der Waals surface area contributed by atoms with Crippen molar-refractivity contribution >= 4 is 0 Å². The third-order valence-electron chi connectivity index (χ3n) is 2.50. The van der Waals surface area contributed by atoms with Crippen LogP contribution in [0.3, 0.4) is 0 Å². The molecule has 0 aromatic heterocycles. The van der Waals surface area contributed by atoms with E-state index in [0.29, 0.717) is 6.04 Å². The highest BCUT2D eigenvalue weighted by Gasteiger charge is 2.41. The zero-order chi connectivity index (χ0) is 7.07. The molecule has 0 saturated carbocycles. The fourth-order valence-electron chi connectivity index (χ4n) is 1.33. The summed E-state index contributed by atoms with van der Waals surface area (Å²) >= 11 is 0. The number of hydrogen-bond acceptors (Lipinski definition) is 1. The first kappa shape index (κ1) is 10.2. The van der Waals surface area contributed by atoms with Gasteiger partial charge in [0.1, 0.15) is 13.1 Å². The minimum absolute atomic E-state index is 0. The zero-order valence-corrected chi connectivity index (χ0v) is 7.60. The molecule has 0 amide bonds. The third-order valence-corrected chi connectivity index (χ3v) is 2.50. The van der Waals surface area contributed by atoms with Gasteiger partial charge in [-0.25, -0.2) is 0 Å². The number of nitrogens with zero attached hydrogens (tertiary/aromatic N) is 1. The number of halogens is 1. The third kappa shape index (κ3) is 1.62. The highest BCUT2D eigenvalue weighted by Crippen LogP contribution is 2.20. The van der Waals surface area contributed by atoms with Crippen LogP contribution in [0.15, 0.2) is 0 Å². The Morgan fingerprint density at radius 3 is 1.90 bits per heavy atom. The normalized spacial score (nSPS) is 38.7. The molecular formula is C7H16ClNO. The highest BCUT2D eigenvalue weighted by atomic mass is 35.5. The van der Waals surface area contributed by atoms with E-state index in [-0.39, 0.29) is 18.5 Å². The summed E-state index contributed by atoms with van der Waals surface area (Å²) in [6, 6.07) is 0.661. The van der Waals surface area contributed by atoms with Gasteiger partial charge in [-0.3, -0.25) is 0 Å². The van der Waals surface area contributed by atoms with Crippen molar-refractivity contribution in [1.29, 1.82) is 0 Å². The van der Waals surface area contributed by atoms with E-state index < -0.39 is 0 Å². The lowest BCUT2D eigenvalue weighted by Crippen LogP contribution is -3.00. The summed E-state index contributed by atoms with van der Waals surface area (Å²) < 4.78 is 1.04. The molecule has 0 aromatic rings. The van der Waals surface area contributed by atoms with E-state index >= 15 is 0 Å². The average molecular weight is 166 g/mol. The predicted molar refractivity (Wildman–Crippen MR) is 37.1 cm³/mol. The maximum Gasteiger partial charge on any atom is 0.152 e. The van der Waals surface area contributed by atoms with Crippen molar-refractivity contribution < 1.29 is 22.0 Å². The van der Waals surface area contributed by atoms with Crippen LogP contribution in [0.1, 0.15) is 13.8 Å². The largest absolute Gasteiger partial charge is 1.00 e. The Bertz CT molecular complexity index is 110. The molecule has 0 spiro atoms. The highest BCUT2D eigenvalue weighted by molar-refractivity contribution is 4.66. The maximum atomic E-state index is 9.02. The summed E-state index contributed by atoms with van der Waals surface area (Å²) in [4.78, 5) is 0. The molecule has 2 nitrogen and oxygen atoms in total. The van der Waals surface area contributed by atoms with E-state index in [1.807, 2.05) is 0 Å². The van der Waals surface area contributed by atoms with Crippen molar-refractivity contribution in [2.45, 2.75) is 26.0 Å². The topological polar surface area (TPSA) is 20.2 Å². The van der Waals surface area contributed by atoms with Crippen LogP contribution >= 0.6 is 0 Å². The molecule has 62 valence electrons. The van der Waals surface area contributed by atoms with Crippen LogP contribution in [-0.4, -0.2) is 41.9 Å². The molecule has 1 rings (SSSR count). The van der Waals surface area contributed by atoms with Crippen molar-refractivity contribution in [1.82, 2.24) is 0 Å². The standard InChI is InChI=1S/C7H16NO.ClH/c1-6(2)8(3)4-7(9)5-8;/h6-7,9H,4-5H2,1-3H3;1H/q+1;/p-1. The van der Waals surface area contributed by atoms with E-state index in [2.05, 4.69) is 20.9 Å². The first-order chi connectivity index (χ1) is 4.04. The van der Waals surface area contributed by atoms with Crippen molar-refractivity contribution in [3.63, 3.8) is 0 Å². The molecule has 0 aliphatic carbocycles. The van der Waals surface area contributed by atoms with Crippen LogP contribution in [-0.2, 0) is 0 Å². The summed E-state index contributed by atoms with van der Waals surface area (Å²) in [5.74, 6) is 0. The van der Waals surface area contributed by atoms with Gasteiger partial charge in [0.05, 0.1) is 13.1 Å². The van der Waals surface area contributed by atoms with Gasteiger partial charge in [0.15, 0.2) is 6.10 Å². The second-order valence-corrected chi connectivity index (χ2v) is 3.59. The smallest absolute Gasteiger partial charge is 0.152 e. The van der Waals surface area contributed by atoms with E-state index in [1.54, 1.807) is 0 Å². The van der Waals surface area contributed by atoms with Gasteiger partial charge in [-0.15, -0.1) is 0 Å². The second-order valence-electron chi connectivity index (χ2n) is 3.59. The van der Waals surface area contributed by atoms with Crippen molar-refractivity contribution in [2.24, 2.45) is 0 Å². The Labute approximate surface area is 68.8 Å². The molecule has 1 aliphatic rings. The predicted octanol–water partition coefficient (Wildman–Crippen LogP) is -2.78. The fraction of sp³-hybridized carbons (Fsp3) is 1.00. The van der Waals surface area contributed by atoms with Crippen LogP contribution in [0.2, 0.25) is 0 Å². The Balaban J connectivity index is 0.000000810. The first-order valence-electron chi connectivity index (χ1n) is 3.57. The van der Waals surface area contributed by atoms with E-state index in [0.717, 1.165) is 17.6 Å². The summed E-state index contributed by atoms with van der Waals surface area (Å²) in [6.07, 6.45) is -0.0302. The Hall–Kier alpha value is 0.210. The maximum absolute atomic E-state index is 9.02. The lowest BCUT2D eigenvalue weighted by atomic mass is 10.1. The SMILES string of the molecule is CC(C)[N+]1(C)CC(O)C1.[Cl-]. The Morgan fingerprint density at radius 1 is 1.40 bits per heavy atom. The summed E-state index contributed by atoms with van der Waals surface area (Å²) in [6.45, 7) is 6.28. The van der Waals surface area contributed by atoms with Crippen LogP contribution < -0.4 is 12.4 Å². The lowest BCUT2D eigenvalue weighted by Gasteiger charge is -2.48. The number of aliphatic hydroxyl groups is 1. The van der Waals surface area contributed by atoms with Gasteiger partial charge in [-0.2, -0.15) is 0 Å². The molecule has 0 atom stereocenters. The molecule has 1 saturated heterocycles. The van der Waals surface area contributed by atoms with Gasteiger partial charge in [0.2, 0.25) is 0 Å². The summed E-state index contributed by atoms with van der Waals surface area (Å²) in [5.41, 5.74) is 0. The van der Waals surface area contributed by atoms with Crippen LogP contribution in [0.25, 0.3) is 0 Å². The summed E-state index contributed by atoms with van der Waals surface area (Å²) in [5, 5.41) is 9.02. The molecule has 1 aliphatic heterocycles. The molecule has 3 heteroatoms. The quantitative estimate of drug-likeness (QED) is 0.417. The molecule has 1 N–H and O–H groups in total. The van der Waals surface area contributed by atoms with Gasteiger partial charge < -0.3 is 22.0 Å². The van der Waals surface area contributed by atoms with Gasteiger partial charge in [-0.1, -0.05) is 0 Å². The minimum atomic E-state index is -0.0302. The van der Waals surface area contributed by atoms with Gasteiger partial charge in [0, 0.05) is 0 Å². The molecule has 0 bridgehead atoms. The fourth-order valence-corrected chi connectivity index (χ4v) is 1.33. The molecule has 0 aromatic carbocycles. The van der Waals surface area contributed by atoms with Crippen molar-refractivity contribution in [2.75, 3.05) is 20.1 Å². The molecular weight excluding hydrogens is 150 g/mol. The van der Waals surface area contributed by atoms with Gasteiger partial charge in [0.25, 0.3) is 0 Å². The van der Waals surface area contributed by atoms with Gasteiger partial charge in [-0.05, 0) is 13.8 Å². The number of hydrogen-bond donors (Lipinski definition) is 1. The van der Waals surface area contributed by atoms with E-state index in [1.165, 1.54) is 0 Å². The van der Waals surface area contributed by atoms with Crippen molar-refractivity contribution in [3.05, 3.63) is 0 Å². The number of rotatable bonds is 1. The van der Waals surface area contributed by atoms with E-state index in [9.17, 15) is 0 Å². The average Bonchev–Trinajstić information content (AvgIpc) is 1.62. The van der Waals surface area contributed by atoms with E-state index in [4.69, 9.17) is 5.11 Å². The van der Waals surface area contributed by atoms with Crippen LogP contribution in [0.4, 0.5) is 0 Å². The Morgan fingerprint density at radius 2 is 1.80 bits per heavy atom. The monoisotopic (exact) mass is 165 g/mol. The van der Waals surface area contributed by atoms with Crippen molar-refractivity contribution in [3.8, 4) is 0 Å². The number of likely N-dealkylation sites (N-methyl/N-ethyl adjacent to an activating group) is 1. The molecule has 1 fully saturated rings. The zero-order valence-electron chi connectivity index (χ0n) is 6.84. The first-order valence-corrected chi connectivity index (χ1v) is 3.57. The second kappa shape index (κ2) is 3.07. The Kier molecular flexibility index (Phi) is 3.14. The van der Waals surface area contributed by atoms with Crippen LogP contribution in [0.5, 0.6) is 0 Å².